The molecule has 1 N–H and O–H groups in total. The van der Waals surface area contributed by atoms with E-state index in [1.807, 2.05) is 0 Å². The molecular weight excluding hydrogens is 194 g/mol. The molecule has 0 aliphatic heterocycles. The lowest BCUT2D eigenvalue weighted by Crippen LogP contribution is -2.40. The van der Waals surface area contributed by atoms with Gasteiger partial charge in [0.2, 0.25) is 0 Å². The fraction of sp³-hybridized carbons (Fsp3) is 1.00. The number of hydrogen-bond acceptors (Lipinski definition) is 1. The van der Waals surface area contributed by atoms with Gasteiger partial charge in [-0.05, 0) is 45.6 Å². The van der Waals surface area contributed by atoms with E-state index >= 15 is 0 Å². The van der Waals surface area contributed by atoms with Gasteiger partial charge in [0.1, 0.15) is 0 Å². The van der Waals surface area contributed by atoms with Crippen molar-refractivity contribution in [2.45, 2.75) is 78.2 Å². The molecule has 0 heterocycles. The smallest absolute Gasteiger partial charge is 0.00966 e. The normalized spacial score (nSPS) is 20.2. The van der Waals surface area contributed by atoms with Gasteiger partial charge in [-0.3, -0.25) is 0 Å². The maximum atomic E-state index is 3.71. The molecule has 0 saturated heterocycles. The molecule has 0 spiro atoms. The van der Waals surface area contributed by atoms with Crippen molar-refractivity contribution in [2.75, 3.05) is 6.54 Å². The van der Waals surface area contributed by atoms with Gasteiger partial charge in [0.25, 0.3) is 0 Å². The highest BCUT2D eigenvalue weighted by Gasteiger charge is 2.25. The summed E-state index contributed by atoms with van der Waals surface area (Å²) < 4.78 is 0. The first-order valence-corrected chi connectivity index (χ1v) is 7.28. The van der Waals surface area contributed by atoms with Crippen molar-refractivity contribution < 1.29 is 0 Å². The topological polar surface area (TPSA) is 12.0 Å². The molecule has 0 aromatic rings. The summed E-state index contributed by atoms with van der Waals surface area (Å²) in [4.78, 5) is 0. The summed E-state index contributed by atoms with van der Waals surface area (Å²) in [5.41, 5.74) is 0.281. The van der Waals surface area contributed by atoms with Gasteiger partial charge in [0.15, 0.2) is 0 Å². The van der Waals surface area contributed by atoms with Crippen LogP contribution in [0.5, 0.6) is 0 Å². The van der Waals surface area contributed by atoms with Crippen LogP contribution in [0.2, 0.25) is 0 Å². The highest BCUT2D eigenvalue weighted by Crippen LogP contribution is 2.33. The molecule has 96 valence electrons. The van der Waals surface area contributed by atoms with Gasteiger partial charge in [-0.1, -0.05) is 45.4 Å². The third kappa shape index (κ3) is 5.34. The fourth-order valence-corrected chi connectivity index (χ4v) is 2.84. The van der Waals surface area contributed by atoms with E-state index in [9.17, 15) is 0 Å². The van der Waals surface area contributed by atoms with E-state index in [1.54, 1.807) is 0 Å². The van der Waals surface area contributed by atoms with E-state index in [2.05, 4.69) is 33.0 Å². The maximum absolute atomic E-state index is 3.71. The molecule has 0 aromatic carbocycles. The van der Waals surface area contributed by atoms with E-state index in [1.165, 1.54) is 51.5 Å². The van der Waals surface area contributed by atoms with Crippen molar-refractivity contribution in [2.24, 2.45) is 11.8 Å². The molecule has 1 atom stereocenters. The maximum Gasteiger partial charge on any atom is 0.00966 e. The zero-order chi connectivity index (χ0) is 12.0. The zero-order valence-electron chi connectivity index (χ0n) is 11.8. The SMILES string of the molecule is CCCCC(CNC(C)(C)C)C1CCCC1. The van der Waals surface area contributed by atoms with Gasteiger partial charge in [-0.15, -0.1) is 0 Å². The number of hydrogen-bond donors (Lipinski definition) is 1. The summed E-state index contributed by atoms with van der Waals surface area (Å²) in [5, 5.41) is 3.71. The third-order valence-corrected chi connectivity index (χ3v) is 3.89. The van der Waals surface area contributed by atoms with Crippen molar-refractivity contribution >= 4 is 0 Å². The second-order valence-corrected chi connectivity index (χ2v) is 6.58. The zero-order valence-corrected chi connectivity index (χ0v) is 11.8. The Morgan fingerprint density at radius 3 is 2.31 bits per heavy atom. The first-order valence-electron chi connectivity index (χ1n) is 7.28. The highest BCUT2D eigenvalue weighted by atomic mass is 14.9. The summed E-state index contributed by atoms with van der Waals surface area (Å²) >= 11 is 0. The van der Waals surface area contributed by atoms with Gasteiger partial charge < -0.3 is 5.32 Å². The molecule has 1 aliphatic rings. The van der Waals surface area contributed by atoms with E-state index in [0.29, 0.717) is 0 Å². The Morgan fingerprint density at radius 1 is 1.19 bits per heavy atom. The van der Waals surface area contributed by atoms with Crippen LogP contribution in [-0.4, -0.2) is 12.1 Å². The minimum atomic E-state index is 0.281. The van der Waals surface area contributed by atoms with E-state index in [-0.39, 0.29) is 5.54 Å². The Balaban J connectivity index is 2.36. The van der Waals surface area contributed by atoms with Crippen molar-refractivity contribution in [3.8, 4) is 0 Å². The first-order chi connectivity index (χ1) is 7.53. The molecule has 1 nitrogen and oxygen atoms in total. The Kier molecular flexibility index (Phi) is 5.82. The predicted octanol–water partition coefficient (Wildman–Crippen LogP) is 4.37. The molecule has 16 heavy (non-hydrogen) atoms. The molecule has 1 heteroatoms. The molecule has 1 rings (SSSR count). The summed E-state index contributed by atoms with van der Waals surface area (Å²) in [6, 6.07) is 0. The van der Waals surface area contributed by atoms with Crippen molar-refractivity contribution in [3.05, 3.63) is 0 Å². The van der Waals surface area contributed by atoms with Crippen LogP contribution < -0.4 is 5.32 Å². The van der Waals surface area contributed by atoms with Crippen LogP contribution in [0.25, 0.3) is 0 Å². The van der Waals surface area contributed by atoms with Gasteiger partial charge in [-0.25, -0.2) is 0 Å². The van der Waals surface area contributed by atoms with Gasteiger partial charge in [0.05, 0.1) is 0 Å². The van der Waals surface area contributed by atoms with E-state index in [4.69, 9.17) is 0 Å². The lowest BCUT2D eigenvalue weighted by molar-refractivity contribution is 0.269. The van der Waals surface area contributed by atoms with E-state index in [0.717, 1.165) is 11.8 Å². The predicted molar refractivity (Wildman–Crippen MR) is 72.7 cm³/mol. The van der Waals surface area contributed by atoms with Crippen LogP contribution in [0, 0.1) is 11.8 Å². The Bertz CT molecular complexity index is 174. The minimum absolute atomic E-state index is 0.281. The number of nitrogens with one attached hydrogen (secondary N) is 1. The van der Waals surface area contributed by atoms with Crippen LogP contribution >= 0.6 is 0 Å². The quantitative estimate of drug-likeness (QED) is 0.708. The molecule has 1 fully saturated rings. The van der Waals surface area contributed by atoms with Crippen LogP contribution in [0.1, 0.15) is 72.6 Å². The van der Waals surface area contributed by atoms with E-state index < -0.39 is 0 Å². The van der Waals surface area contributed by atoms with Crippen molar-refractivity contribution in [1.82, 2.24) is 5.32 Å². The van der Waals surface area contributed by atoms with Crippen molar-refractivity contribution in [3.63, 3.8) is 0 Å². The van der Waals surface area contributed by atoms with Gasteiger partial charge in [-0.2, -0.15) is 0 Å². The molecule has 0 bridgehead atoms. The molecule has 0 aromatic heterocycles. The van der Waals surface area contributed by atoms with Gasteiger partial charge in [0, 0.05) is 5.54 Å². The molecule has 1 aliphatic carbocycles. The lowest BCUT2D eigenvalue weighted by atomic mass is 9.86. The number of unbranched alkanes of at least 4 members (excludes halogenated alkanes) is 1. The molecular formula is C15H31N. The Morgan fingerprint density at radius 2 is 1.81 bits per heavy atom. The summed E-state index contributed by atoms with van der Waals surface area (Å²) in [5.74, 6) is 1.95. The first kappa shape index (κ1) is 14.0. The highest BCUT2D eigenvalue weighted by molar-refractivity contribution is 4.80. The lowest BCUT2D eigenvalue weighted by Gasteiger charge is -2.29. The van der Waals surface area contributed by atoms with Crippen molar-refractivity contribution in [1.29, 1.82) is 0 Å². The third-order valence-electron chi connectivity index (χ3n) is 3.89. The molecule has 1 unspecified atom stereocenters. The van der Waals surface area contributed by atoms with Crippen LogP contribution in [0.4, 0.5) is 0 Å². The number of rotatable bonds is 6. The molecule has 0 amide bonds. The fourth-order valence-electron chi connectivity index (χ4n) is 2.84. The minimum Gasteiger partial charge on any atom is -0.312 e. The molecule has 1 saturated carbocycles. The summed E-state index contributed by atoms with van der Waals surface area (Å²) in [6.07, 6.45) is 10.1. The average molecular weight is 225 g/mol. The Hall–Kier alpha value is -0.0400. The molecule has 0 radical (unpaired) electrons. The average Bonchev–Trinajstić information content (AvgIpc) is 2.69. The van der Waals surface area contributed by atoms with Crippen LogP contribution in [0.3, 0.4) is 0 Å². The Labute approximate surface area is 102 Å². The van der Waals surface area contributed by atoms with Crippen LogP contribution in [-0.2, 0) is 0 Å². The summed E-state index contributed by atoms with van der Waals surface area (Å²) in [6.45, 7) is 10.4. The second kappa shape index (κ2) is 6.64. The van der Waals surface area contributed by atoms with Crippen LogP contribution in [0.15, 0.2) is 0 Å². The largest absolute Gasteiger partial charge is 0.312 e. The van der Waals surface area contributed by atoms with Gasteiger partial charge >= 0.3 is 0 Å². The monoisotopic (exact) mass is 225 g/mol. The standard InChI is InChI=1S/C15H31N/c1-5-6-9-14(12-16-15(2,3)4)13-10-7-8-11-13/h13-14,16H,5-12H2,1-4H3. The second-order valence-electron chi connectivity index (χ2n) is 6.58. The summed E-state index contributed by atoms with van der Waals surface area (Å²) in [7, 11) is 0.